The molecule has 1 aromatic rings. The molecule has 1 saturated heterocycles. The average molecular weight is 311 g/mol. The monoisotopic (exact) mass is 311 g/mol. The summed E-state index contributed by atoms with van der Waals surface area (Å²) < 4.78 is 27.5. The minimum atomic E-state index is -3.44. The Bertz CT molecular complexity index is 601. The first-order chi connectivity index (χ1) is 9.90. The molecule has 0 aliphatic carbocycles. The van der Waals surface area contributed by atoms with Gasteiger partial charge in [-0.1, -0.05) is 19.1 Å². The number of hydrogen-bond acceptors (Lipinski definition) is 4. The standard InChI is InChI=1S/C15H25N3O2S/c1-4-14-6-5-13(10-16)9-15(14)21(19,20)18-8-7-17(3)12(2)11-18/h5-6,9,12H,4,7-8,10-11,16H2,1-3H3. The van der Waals surface area contributed by atoms with E-state index in [4.69, 9.17) is 5.73 Å². The van der Waals surface area contributed by atoms with E-state index in [-0.39, 0.29) is 6.04 Å². The average Bonchev–Trinajstić information content (AvgIpc) is 2.49. The third kappa shape index (κ3) is 3.29. The van der Waals surface area contributed by atoms with Crippen LogP contribution in [0.3, 0.4) is 0 Å². The molecule has 21 heavy (non-hydrogen) atoms. The van der Waals surface area contributed by atoms with Crippen molar-refractivity contribution in [2.24, 2.45) is 5.73 Å². The van der Waals surface area contributed by atoms with Crippen LogP contribution in [0.15, 0.2) is 23.1 Å². The molecule has 1 fully saturated rings. The molecule has 1 heterocycles. The molecule has 2 rings (SSSR count). The molecular formula is C15H25N3O2S. The molecule has 1 aliphatic heterocycles. The van der Waals surface area contributed by atoms with Gasteiger partial charge in [-0.05, 0) is 37.6 Å². The summed E-state index contributed by atoms with van der Waals surface area (Å²) >= 11 is 0. The first-order valence-corrected chi connectivity index (χ1v) is 8.86. The van der Waals surface area contributed by atoms with Crippen molar-refractivity contribution in [3.8, 4) is 0 Å². The highest BCUT2D eigenvalue weighted by Gasteiger charge is 2.32. The summed E-state index contributed by atoms with van der Waals surface area (Å²) in [7, 11) is -1.41. The first-order valence-electron chi connectivity index (χ1n) is 7.42. The Kier molecular flexibility index (Phi) is 5.03. The van der Waals surface area contributed by atoms with E-state index in [0.717, 1.165) is 17.7 Å². The van der Waals surface area contributed by atoms with E-state index in [1.165, 1.54) is 0 Å². The van der Waals surface area contributed by atoms with E-state index in [1.807, 2.05) is 26.1 Å². The summed E-state index contributed by atoms with van der Waals surface area (Å²) in [6, 6.07) is 5.76. The Morgan fingerprint density at radius 3 is 2.62 bits per heavy atom. The van der Waals surface area contributed by atoms with Crippen molar-refractivity contribution in [2.45, 2.75) is 37.8 Å². The molecule has 1 aliphatic rings. The van der Waals surface area contributed by atoms with E-state index in [1.54, 1.807) is 10.4 Å². The van der Waals surface area contributed by atoms with Gasteiger partial charge in [-0.15, -0.1) is 0 Å². The van der Waals surface area contributed by atoms with E-state index in [9.17, 15) is 8.42 Å². The molecule has 6 heteroatoms. The maximum absolute atomic E-state index is 13.0. The van der Waals surface area contributed by atoms with E-state index in [0.29, 0.717) is 31.0 Å². The molecule has 0 radical (unpaired) electrons. The lowest BCUT2D eigenvalue weighted by atomic mass is 10.1. The Morgan fingerprint density at radius 1 is 1.33 bits per heavy atom. The molecule has 1 atom stereocenters. The highest BCUT2D eigenvalue weighted by atomic mass is 32.2. The number of sulfonamides is 1. The van der Waals surface area contributed by atoms with E-state index >= 15 is 0 Å². The van der Waals surface area contributed by atoms with E-state index in [2.05, 4.69) is 11.8 Å². The summed E-state index contributed by atoms with van der Waals surface area (Å²) in [6.07, 6.45) is 0.697. The molecule has 0 bridgehead atoms. The second-order valence-corrected chi connectivity index (χ2v) is 7.60. The van der Waals surface area contributed by atoms with Gasteiger partial charge < -0.3 is 10.6 Å². The van der Waals surface area contributed by atoms with Crippen LogP contribution in [-0.2, 0) is 23.0 Å². The number of nitrogens with two attached hydrogens (primary N) is 1. The predicted molar refractivity (Wildman–Crippen MR) is 84.6 cm³/mol. The molecule has 1 unspecified atom stereocenters. The highest BCUT2D eigenvalue weighted by molar-refractivity contribution is 7.89. The second-order valence-electron chi connectivity index (χ2n) is 5.69. The molecule has 5 nitrogen and oxygen atoms in total. The summed E-state index contributed by atoms with van der Waals surface area (Å²) in [5, 5.41) is 0. The largest absolute Gasteiger partial charge is 0.326 e. The van der Waals surface area contributed by atoms with Crippen LogP contribution in [0.25, 0.3) is 0 Å². The van der Waals surface area contributed by atoms with Crippen molar-refractivity contribution >= 4 is 10.0 Å². The van der Waals surface area contributed by atoms with Crippen LogP contribution in [-0.4, -0.2) is 50.3 Å². The topological polar surface area (TPSA) is 66.6 Å². The van der Waals surface area contributed by atoms with Crippen molar-refractivity contribution in [1.29, 1.82) is 0 Å². The first kappa shape index (κ1) is 16.4. The number of benzene rings is 1. The summed E-state index contributed by atoms with van der Waals surface area (Å²) in [5.41, 5.74) is 7.37. The number of hydrogen-bond donors (Lipinski definition) is 1. The van der Waals surface area contributed by atoms with Crippen LogP contribution in [0.4, 0.5) is 0 Å². The second kappa shape index (κ2) is 6.44. The molecule has 0 spiro atoms. The molecule has 118 valence electrons. The molecular weight excluding hydrogens is 286 g/mol. The van der Waals surface area contributed by atoms with Crippen molar-refractivity contribution in [3.63, 3.8) is 0 Å². The molecule has 2 N–H and O–H groups in total. The molecule has 0 saturated carbocycles. The quantitative estimate of drug-likeness (QED) is 0.902. The van der Waals surface area contributed by atoms with Crippen molar-refractivity contribution in [1.82, 2.24) is 9.21 Å². The normalized spacial score (nSPS) is 21.6. The summed E-state index contributed by atoms with van der Waals surface area (Å²) in [5.74, 6) is 0. The Balaban J connectivity index is 2.39. The summed E-state index contributed by atoms with van der Waals surface area (Å²) in [4.78, 5) is 2.60. The Hall–Kier alpha value is -0.950. The SMILES string of the molecule is CCc1ccc(CN)cc1S(=O)(=O)N1CCN(C)C(C)C1. The summed E-state index contributed by atoms with van der Waals surface area (Å²) in [6.45, 7) is 6.22. The lowest BCUT2D eigenvalue weighted by molar-refractivity contribution is 0.159. The van der Waals surface area contributed by atoms with Crippen molar-refractivity contribution in [3.05, 3.63) is 29.3 Å². The molecule has 0 aromatic heterocycles. The van der Waals surface area contributed by atoms with E-state index < -0.39 is 10.0 Å². The van der Waals surface area contributed by atoms with Gasteiger partial charge >= 0.3 is 0 Å². The molecule has 0 amide bonds. The van der Waals surface area contributed by atoms with Gasteiger partial charge in [0, 0.05) is 32.2 Å². The third-order valence-corrected chi connectivity index (χ3v) is 6.24. The number of nitrogens with zero attached hydrogens (tertiary/aromatic N) is 2. The van der Waals surface area contributed by atoms with Gasteiger partial charge in [0.15, 0.2) is 0 Å². The minimum Gasteiger partial charge on any atom is -0.326 e. The van der Waals surface area contributed by atoms with Crippen LogP contribution in [0.1, 0.15) is 25.0 Å². The van der Waals surface area contributed by atoms with Gasteiger partial charge in [0.1, 0.15) is 0 Å². The number of piperazine rings is 1. The number of likely N-dealkylation sites (N-methyl/N-ethyl adjacent to an activating group) is 1. The van der Waals surface area contributed by atoms with Crippen LogP contribution < -0.4 is 5.73 Å². The number of aryl methyl sites for hydroxylation is 1. The highest BCUT2D eigenvalue weighted by Crippen LogP contribution is 2.24. The van der Waals surface area contributed by atoms with Crippen LogP contribution in [0.5, 0.6) is 0 Å². The van der Waals surface area contributed by atoms with Gasteiger partial charge in [0.05, 0.1) is 4.90 Å². The Labute approximate surface area is 127 Å². The zero-order valence-electron chi connectivity index (χ0n) is 13.0. The fourth-order valence-electron chi connectivity index (χ4n) is 2.63. The van der Waals surface area contributed by atoms with Gasteiger partial charge in [-0.25, -0.2) is 8.42 Å². The zero-order valence-corrected chi connectivity index (χ0v) is 13.9. The van der Waals surface area contributed by atoms with Gasteiger partial charge in [-0.2, -0.15) is 4.31 Å². The van der Waals surface area contributed by atoms with Crippen LogP contribution in [0, 0.1) is 0 Å². The van der Waals surface area contributed by atoms with Gasteiger partial charge in [-0.3, -0.25) is 0 Å². The van der Waals surface area contributed by atoms with Gasteiger partial charge in [0.2, 0.25) is 10.0 Å². The fraction of sp³-hybridized carbons (Fsp3) is 0.600. The lowest BCUT2D eigenvalue weighted by Gasteiger charge is -2.37. The smallest absolute Gasteiger partial charge is 0.243 e. The Morgan fingerprint density at radius 2 is 2.05 bits per heavy atom. The minimum absolute atomic E-state index is 0.233. The maximum Gasteiger partial charge on any atom is 0.243 e. The van der Waals surface area contributed by atoms with Crippen molar-refractivity contribution < 1.29 is 8.42 Å². The maximum atomic E-state index is 13.0. The predicted octanol–water partition coefficient (Wildman–Crippen LogP) is 1.03. The van der Waals surface area contributed by atoms with Gasteiger partial charge in [0.25, 0.3) is 0 Å². The zero-order chi connectivity index (χ0) is 15.6. The lowest BCUT2D eigenvalue weighted by Crippen LogP contribution is -2.51. The number of rotatable bonds is 4. The third-order valence-electron chi connectivity index (χ3n) is 4.29. The van der Waals surface area contributed by atoms with Crippen LogP contribution >= 0.6 is 0 Å². The fourth-order valence-corrected chi connectivity index (χ4v) is 4.49. The van der Waals surface area contributed by atoms with Crippen LogP contribution in [0.2, 0.25) is 0 Å². The van der Waals surface area contributed by atoms with Crippen molar-refractivity contribution in [2.75, 3.05) is 26.7 Å². The molecule has 1 aromatic carbocycles.